The highest BCUT2D eigenvalue weighted by atomic mass is 19.1. The Hall–Kier alpha value is -3.29. The van der Waals surface area contributed by atoms with Gasteiger partial charge in [-0.15, -0.1) is 0 Å². The Balaban J connectivity index is 1.69. The second kappa shape index (κ2) is 11.0. The Morgan fingerprint density at radius 1 is 0.909 bits per heavy atom. The molecule has 3 rings (SSSR count). The molecule has 1 heterocycles. The minimum atomic E-state index is -0.778. The van der Waals surface area contributed by atoms with Gasteiger partial charge in [0.1, 0.15) is 17.7 Å². The molecule has 1 saturated heterocycles. The van der Waals surface area contributed by atoms with Crippen LogP contribution in [0, 0.1) is 17.6 Å². The molecule has 0 spiro atoms. The van der Waals surface area contributed by atoms with E-state index in [0.29, 0.717) is 31.5 Å². The lowest BCUT2D eigenvalue weighted by Crippen LogP contribution is -2.55. The van der Waals surface area contributed by atoms with Crippen LogP contribution < -0.4 is 10.6 Å². The van der Waals surface area contributed by atoms with E-state index < -0.39 is 23.6 Å². The fraction of sp³-hybridized carbons (Fsp3) is 0.400. The van der Waals surface area contributed by atoms with Crippen LogP contribution in [0.2, 0.25) is 0 Å². The molecule has 176 valence electrons. The van der Waals surface area contributed by atoms with Crippen molar-refractivity contribution in [1.29, 1.82) is 0 Å². The predicted molar refractivity (Wildman–Crippen MR) is 121 cm³/mol. The van der Waals surface area contributed by atoms with Crippen LogP contribution in [-0.4, -0.2) is 47.8 Å². The third kappa shape index (κ3) is 6.37. The molecule has 2 aromatic rings. The molecule has 1 aliphatic rings. The van der Waals surface area contributed by atoms with Crippen molar-refractivity contribution in [3.63, 3.8) is 0 Å². The summed E-state index contributed by atoms with van der Waals surface area (Å²) in [6, 6.07) is 9.72. The van der Waals surface area contributed by atoms with Gasteiger partial charge in [0, 0.05) is 30.3 Å². The summed E-state index contributed by atoms with van der Waals surface area (Å²) >= 11 is 0. The smallest absolute Gasteiger partial charge is 0.253 e. The van der Waals surface area contributed by atoms with Gasteiger partial charge in [-0.1, -0.05) is 6.92 Å². The van der Waals surface area contributed by atoms with E-state index in [1.165, 1.54) is 48.5 Å². The standard InChI is InChI=1S/C25H29F2N3O3/c1-3-16(2)28-24(32)22(29-23(31)18-4-8-20(26)9-5-18)17-12-14-30(15-13-17)25(33)19-6-10-21(27)11-7-19/h4-11,16-17,22H,3,12-15H2,1-2H3,(H,28,32)(H,29,31). The zero-order valence-corrected chi connectivity index (χ0v) is 18.8. The van der Waals surface area contributed by atoms with Crippen molar-refractivity contribution < 1.29 is 23.2 Å². The van der Waals surface area contributed by atoms with Crippen molar-refractivity contribution in [2.45, 2.75) is 45.2 Å². The van der Waals surface area contributed by atoms with Crippen molar-refractivity contribution in [3.8, 4) is 0 Å². The molecule has 0 aliphatic carbocycles. The highest BCUT2D eigenvalue weighted by Gasteiger charge is 2.34. The molecule has 0 aromatic heterocycles. The number of likely N-dealkylation sites (tertiary alicyclic amines) is 1. The van der Waals surface area contributed by atoms with E-state index in [9.17, 15) is 23.2 Å². The van der Waals surface area contributed by atoms with E-state index >= 15 is 0 Å². The highest BCUT2D eigenvalue weighted by Crippen LogP contribution is 2.23. The first-order valence-corrected chi connectivity index (χ1v) is 11.2. The summed E-state index contributed by atoms with van der Waals surface area (Å²) in [7, 11) is 0. The van der Waals surface area contributed by atoms with Crippen molar-refractivity contribution in [2.24, 2.45) is 5.92 Å². The van der Waals surface area contributed by atoms with E-state index in [-0.39, 0.29) is 29.3 Å². The van der Waals surface area contributed by atoms with Crippen LogP contribution in [0.25, 0.3) is 0 Å². The van der Waals surface area contributed by atoms with Gasteiger partial charge >= 0.3 is 0 Å². The molecule has 2 atom stereocenters. The zero-order chi connectivity index (χ0) is 24.0. The van der Waals surface area contributed by atoms with Crippen molar-refractivity contribution >= 4 is 17.7 Å². The molecule has 2 N–H and O–H groups in total. The normalized spacial score (nSPS) is 16.1. The quantitative estimate of drug-likeness (QED) is 0.668. The van der Waals surface area contributed by atoms with Crippen molar-refractivity contribution in [3.05, 3.63) is 71.3 Å². The van der Waals surface area contributed by atoms with Gasteiger partial charge in [0.15, 0.2) is 0 Å². The molecule has 0 radical (unpaired) electrons. The lowest BCUT2D eigenvalue weighted by atomic mass is 9.88. The van der Waals surface area contributed by atoms with E-state index in [4.69, 9.17) is 0 Å². The molecule has 0 saturated carbocycles. The number of hydrogen-bond acceptors (Lipinski definition) is 3. The first-order chi connectivity index (χ1) is 15.8. The third-order valence-electron chi connectivity index (χ3n) is 6.07. The number of piperidine rings is 1. The Morgan fingerprint density at radius 2 is 1.42 bits per heavy atom. The number of amides is 3. The highest BCUT2D eigenvalue weighted by molar-refractivity contribution is 5.97. The summed E-state index contributed by atoms with van der Waals surface area (Å²) in [5.41, 5.74) is 0.673. The molecule has 0 bridgehead atoms. The molecule has 8 heteroatoms. The number of rotatable bonds is 7. The summed E-state index contributed by atoms with van der Waals surface area (Å²) in [5, 5.41) is 5.74. The molecule has 1 fully saturated rings. The SMILES string of the molecule is CCC(C)NC(=O)C(NC(=O)c1ccc(F)cc1)C1CCN(C(=O)c2ccc(F)cc2)CC1. The summed E-state index contributed by atoms with van der Waals surface area (Å²) in [6.45, 7) is 4.68. The van der Waals surface area contributed by atoms with Crippen LogP contribution >= 0.6 is 0 Å². The molecule has 2 unspecified atom stereocenters. The average molecular weight is 458 g/mol. The zero-order valence-electron chi connectivity index (χ0n) is 18.8. The molecule has 33 heavy (non-hydrogen) atoms. The van der Waals surface area contributed by atoms with Crippen LogP contribution in [0.4, 0.5) is 8.78 Å². The summed E-state index contributed by atoms with van der Waals surface area (Å²) in [5.74, 6) is -1.94. The van der Waals surface area contributed by atoms with E-state index in [0.717, 1.165) is 6.42 Å². The largest absolute Gasteiger partial charge is 0.352 e. The first-order valence-electron chi connectivity index (χ1n) is 11.2. The number of nitrogens with one attached hydrogen (secondary N) is 2. The molecule has 6 nitrogen and oxygen atoms in total. The van der Waals surface area contributed by atoms with E-state index in [1.54, 1.807) is 4.90 Å². The third-order valence-corrected chi connectivity index (χ3v) is 6.07. The average Bonchev–Trinajstić information content (AvgIpc) is 2.82. The monoisotopic (exact) mass is 457 g/mol. The Labute approximate surface area is 192 Å². The summed E-state index contributed by atoms with van der Waals surface area (Å²) < 4.78 is 26.4. The van der Waals surface area contributed by atoms with Crippen LogP contribution in [0.1, 0.15) is 53.8 Å². The molecular weight excluding hydrogens is 428 g/mol. The first kappa shape index (κ1) is 24.4. The van der Waals surface area contributed by atoms with Crippen LogP contribution in [-0.2, 0) is 4.79 Å². The van der Waals surface area contributed by atoms with Gasteiger partial charge in [0.05, 0.1) is 0 Å². The number of carbonyl (C=O) groups is 3. The summed E-state index contributed by atoms with van der Waals surface area (Å²) in [4.78, 5) is 40.1. The number of halogens is 2. The maximum Gasteiger partial charge on any atom is 0.253 e. The van der Waals surface area contributed by atoms with Gasteiger partial charge in [-0.3, -0.25) is 14.4 Å². The molecule has 1 aliphatic heterocycles. The van der Waals surface area contributed by atoms with Gasteiger partial charge in [-0.05, 0) is 80.6 Å². The number of benzene rings is 2. The fourth-order valence-corrected chi connectivity index (χ4v) is 3.87. The van der Waals surface area contributed by atoms with Gasteiger partial charge < -0.3 is 15.5 Å². The van der Waals surface area contributed by atoms with E-state index in [2.05, 4.69) is 10.6 Å². The lowest BCUT2D eigenvalue weighted by Gasteiger charge is -2.36. The Bertz CT molecular complexity index is 971. The number of nitrogens with zero attached hydrogens (tertiary/aromatic N) is 1. The van der Waals surface area contributed by atoms with Crippen molar-refractivity contribution in [2.75, 3.05) is 13.1 Å². The number of carbonyl (C=O) groups excluding carboxylic acids is 3. The minimum absolute atomic E-state index is 0.0529. The second-order valence-electron chi connectivity index (χ2n) is 8.41. The van der Waals surface area contributed by atoms with Gasteiger partial charge in [0.25, 0.3) is 11.8 Å². The van der Waals surface area contributed by atoms with Crippen molar-refractivity contribution in [1.82, 2.24) is 15.5 Å². The molecular formula is C25H29F2N3O3. The van der Waals surface area contributed by atoms with Crippen LogP contribution in [0.5, 0.6) is 0 Å². The van der Waals surface area contributed by atoms with Gasteiger partial charge in [0.2, 0.25) is 5.91 Å². The molecule has 2 aromatic carbocycles. The maximum atomic E-state index is 13.2. The van der Waals surface area contributed by atoms with E-state index in [1.807, 2.05) is 13.8 Å². The fourth-order valence-electron chi connectivity index (χ4n) is 3.87. The second-order valence-corrected chi connectivity index (χ2v) is 8.41. The van der Waals surface area contributed by atoms with Gasteiger partial charge in [-0.2, -0.15) is 0 Å². The predicted octanol–water partition coefficient (Wildman–Crippen LogP) is 3.53. The van der Waals surface area contributed by atoms with Gasteiger partial charge in [-0.25, -0.2) is 8.78 Å². The van der Waals surface area contributed by atoms with Crippen LogP contribution in [0.15, 0.2) is 48.5 Å². The maximum absolute atomic E-state index is 13.2. The minimum Gasteiger partial charge on any atom is -0.352 e. The van der Waals surface area contributed by atoms with Crippen LogP contribution in [0.3, 0.4) is 0 Å². The Morgan fingerprint density at radius 3 is 1.94 bits per heavy atom. The summed E-state index contributed by atoms with van der Waals surface area (Å²) in [6.07, 6.45) is 1.79. The lowest BCUT2D eigenvalue weighted by molar-refractivity contribution is -0.125. The topological polar surface area (TPSA) is 78.5 Å². The Kier molecular flexibility index (Phi) is 8.14. The number of hydrogen-bond donors (Lipinski definition) is 2. The molecule has 3 amide bonds.